The molecule has 0 radical (unpaired) electrons. The SMILES string of the molecule is Cc1ccc2oc(=O)c3cc(C(=O)N(C)c4cccc(Cl)c4)sc3c2c1. The van der Waals surface area contributed by atoms with Gasteiger partial charge in [0.2, 0.25) is 0 Å². The van der Waals surface area contributed by atoms with E-state index in [0.29, 0.717) is 26.6 Å². The predicted molar refractivity (Wildman–Crippen MR) is 107 cm³/mol. The third-order valence-electron chi connectivity index (χ3n) is 4.25. The minimum atomic E-state index is -0.433. The van der Waals surface area contributed by atoms with Gasteiger partial charge in [-0.2, -0.15) is 0 Å². The minimum Gasteiger partial charge on any atom is -0.422 e. The van der Waals surface area contributed by atoms with Gasteiger partial charge in [-0.15, -0.1) is 11.3 Å². The van der Waals surface area contributed by atoms with Crippen molar-refractivity contribution in [2.24, 2.45) is 0 Å². The molecule has 2 heterocycles. The van der Waals surface area contributed by atoms with Crippen LogP contribution < -0.4 is 10.5 Å². The number of halogens is 1. The zero-order chi connectivity index (χ0) is 18.4. The van der Waals surface area contributed by atoms with Crippen LogP contribution in [0.2, 0.25) is 5.02 Å². The van der Waals surface area contributed by atoms with E-state index >= 15 is 0 Å². The van der Waals surface area contributed by atoms with Crippen molar-refractivity contribution in [1.82, 2.24) is 0 Å². The average molecular weight is 384 g/mol. The molecule has 2 aromatic heterocycles. The first kappa shape index (κ1) is 16.8. The summed E-state index contributed by atoms with van der Waals surface area (Å²) >= 11 is 7.32. The van der Waals surface area contributed by atoms with Crippen molar-refractivity contribution in [3.63, 3.8) is 0 Å². The number of rotatable bonds is 2. The van der Waals surface area contributed by atoms with E-state index in [2.05, 4.69) is 0 Å². The number of fused-ring (bicyclic) bond motifs is 3. The second-order valence-electron chi connectivity index (χ2n) is 6.09. The Kier molecular flexibility index (Phi) is 4.05. The highest BCUT2D eigenvalue weighted by atomic mass is 35.5. The molecule has 6 heteroatoms. The molecule has 0 aliphatic rings. The van der Waals surface area contributed by atoms with E-state index in [0.717, 1.165) is 15.6 Å². The Morgan fingerprint density at radius 2 is 1.92 bits per heavy atom. The quantitative estimate of drug-likeness (QED) is 0.444. The van der Waals surface area contributed by atoms with E-state index in [-0.39, 0.29) is 5.91 Å². The van der Waals surface area contributed by atoms with Crippen molar-refractivity contribution in [3.8, 4) is 0 Å². The van der Waals surface area contributed by atoms with Crippen LogP contribution in [-0.2, 0) is 0 Å². The van der Waals surface area contributed by atoms with Crippen molar-refractivity contribution < 1.29 is 9.21 Å². The first-order valence-corrected chi connectivity index (χ1v) is 9.14. The number of hydrogen-bond acceptors (Lipinski definition) is 4. The second-order valence-corrected chi connectivity index (χ2v) is 7.58. The summed E-state index contributed by atoms with van der Waals surface area (Å²) in [4.78, 5) is 27.2. The van der Waals surface area contributed by atoms with Crippen LogP contribution in [0.4, 0.5) is 5.69 Å². The number of anilines is 1. The maximum atomic E-state index is 12.9. The van der Waals surface area contributed by atoms with Gasteiger partial charge in [-0.1, -0.05) is 29.3 Å². The van der Waals surface area contributed by atoms with Crippen molar-refractivity contribution in [2.75, 3.05) is 11.9 Å². The minimum absolute atomic E-state index is 0.200. The monoisotopic (exact) mass is 383 g/mol. The fraction of sp³-hybridized carbons (Fsp3) is 0.100. The van der Waals surface area contributed by atoms with E-state index < -0.39 is 5.63 Å². The molecule has 0 fully saturated rings. The molecular formula is C20H14ClNO3S. The summed E-state index contributed by atoms with van der Waals surface area (Å²) < 4.78 is 6.16. The number of thiophene rings is 1. The van der Waals surface area contributed by atoms with Gasteiger partial charge in [0.15, 0.2) is 0 Å². The molecule has 0 bridgehead atoms. The molecule has 4 nitrogen and oxygen atoms in total. The van der Waals surface area contributed by atoms with Gasteiger partial charge in [-0.3, -0.25) is 4.79 Å². The van der Waals surface area contributed by atoms with Gasteiger partial charge in [0.05, 0.1) is 15.0 Å². The van der Waals surface area contributed by atoms with Crippen LogP contribution in [0.1, 0.15) is 15.2 Å². The second kappa shape index (κ2) is 6.27. The van der Waals surface area contributed by atoms with Crippen LogP contribution in [0.3, 0.4) is 0 Å². The molecule has 4 rings (SSSR count). The highest BCUT2D eigenvalue weighted by Gasteiger charge is 2.19. The summed E-state index contributed by atoms with van der Waals surface area (Å²) in [5, 5.41) is 1.82. The smallest absolute Gasteiger partial charge is 0.345 e. The van der Waals surface area contributed by atoms with Crippen LogP contribution in [-0.4, -0.2) is 13.0 Å². The van der Waals surface area contributed by atoms with Gasteiger partial charge in [0.1, 0.15) is 5.58 Å². The number of aryl methyl sites for hydroxylation is 1. The van der Waals surface area contributed by atoms with Gasteiger partial charge in [-0.05, 0) is 43.3 Å². The molecule has 4 aromatic rings. The lowest BCUT2D eigenvalue weighted by atomic mass is 10.1. The normalized spacial score (nSPS) is 11.2. The molecule has 1 amide bonds. The van der Waals surface area contributed by atoms with Crippen molar-refractivity contribution in [3.05, 3.63) is 74.4 Å². The zero-order valence-corrected chi connectivity index (χ0v) is 15.6. The Morgan fingerprint density at radius 3 is 2.69 bits per heavy atom. The molecule has 0 spiro atoms. The van der Waals surface area contributed by atoms with Crippen LogP contribution in [0, 0.1) is 6.92 Å². The largest absolute Gasteiger partial charge is 0.422 e. The fourth-order valence-electron chi connectivity index (χ4n) is 2.88. The Labute approximate surface area is 158 Å². The molecule has 0 aliphatic carbocycles. The average Bonchev–Trinajstić information content (AvgIpc) is 3.07. The third-order valence-corrected chi connectivity index (χ3v) is 5.64. The highest BCUT2D eigenvalue weighted by Crippen LogP contribution is 2.32. The van der Waals surface area contributed by atoms with E-state index in [1.54, 1.807) is 37.4 Å². The molecule has 2 aromatic carbocycles. The molecule has 0 saturated carbocycles. The van der Waals surface area contributed by atoms with Crippen LogP contribution >= 0.6 is 22.9 Å². The van der Waals surface area contributed by atoms with Crippen molar-refractivity contribution >= 4 is 55.6 Å². The van der Waals surface area contributed by atoms with E-state index in [9.17, 15) is 9.59 Å². The van der Waals surface area contributed by atoms with E-state index in [1.807, 2.05) is 25.1 Å². The number of benzene rings is 2. The number of carbonyl (C=O) groups is 1. The molecule has 0 N–H and O–H groups in total. The van der Waals surface area contributed by atoms with Gasteiger partial charge in [0, 0.05) is 23.1 Å². The van der Waals surface area contributed by atoms with E-state index in [4.69, 9.17) is 16.0 Å². The molecule has 26 heavy (non-hydrogen) atoms. The van der Waals surface area contributed by atoms with Gasteiger partial charge in [-0.25, -0.2) is 4.79 Å². The fourth-order valence-corrected chi connectivity index (χ4v) is 4.21. The highest BCUT2D eigenvalue weighted by molar-refractivity contribution is 7.21. The Hall–Kier alpha value is -2.63. The van der Waals surface area contributed by atoms with Crippen molar-refractivity contribution in [1.29, 1.82) is 0 Å². The predicted octanol–water partition coefficient (Wildman–Crippen LogP) is 5.25. The lowest BCUT2D eigenvalue weighted by Crippen LogP contribution is -2.25. The standard InChI is InChI=1S/C20H14ClNO3S/c1-11-6-7-16-14(8-11)18-15(20(24)25-16)10-17(26-18)19(23)22(2)13-5-3-4-12(21)9-13/h3-10H,1-2H3. The Bertz CT molecular complexity index is 1220. The van der Waals surface area contributed by atoms with Crippen LogP contribution in [0.5, 0.6) is 0 Å². The molecule has 0 aliphatic heterocycles. The molecule has 130 valence electrons. The third kappa shape index (κ3) is 2.79. The van der Waals surface area contributed by atoms with Gasteiger partial charge < -0.3 is 9.32 Å². The summed E-state index contributed by atoms with van der Waals surface area (Å²) in [7, 11) is 1.68. The molecule has 0 atom stereocenters. The summed E-state index contributed by atoms with van der Waals surface area (Å²) in [6, 6.07) is 14.3. The summed E-state index contributed by atoms with van der Waals surface area (Å²) in [6.45, 7) is 1.98. The lowest BCUT2D eigenvalue weighted by Gasteiger charge is -2.16. The topological polar surface area (TPSA) is 50.5 Å². The van der Waals surface area contributed by atoms with E-state index in [1.165, 1.54) is 16.2 Å². The lowest BCUT2D eigenvalue weighted by molar-refractivity contribution is 0.0997. The maximum absolute atomic E-state index is 12.9. The summed E-state index contributed by atoms with van der Waals surface area (Å²) in [5.41, 5.74) is 1.84. The first-order valence-electron chi connectivity index (χ1n) is 7.94. The van der Waals surface area contributed by atoms with Gasteiger partial charge in [0.25, 0.3) is 5.91 Å². The summed E-state index contributed by atoms with van der Waals surface area (Å²) in [5.74, 6) is -0.200. The number of amides is 1. The number of hydrogen-bond donors (Lipinski definition) is 0. The first-order chi connectivity index (χ1) is 12.4. The van der Waals surface area contributed by atoms with Crippen molar-refractivity contribution in [2.45, 2.75) is 6.92 Å². The Balaban J connectivity index is 1.86. The Morgan fingerprint density at radius 1 is 1.12 bits per heavy atom. The van der Waals surface area contributed by atoms with Crippen LogP contribution in [0.25, 0.3) is 21.1 Å². The number of nitrogens with zero attached hydrogens (tertiary/aromatic N) is 1. The zero-order valence-electron chi connectivity index (χ0n) is 14.1. The van der Waals surface area contributed by atoms with Crippen LogP contribution in [0.15, 0.2) is 57.7 Å². The summed E-state index contributed by atoms with van der Waals surface area (Å²) in [6.07, 6.45) is 0. The maximum Gasteiger partial charge on any atom is 0.345 e. The molecular weight excluding hydrogens is 370 g/mol. The molecule has 0 saturated heterocycles. The van der Waals surface area contributed by atoms with Gasteiger partial charge >= 0.3 is 5.63 Å². The molecule has 0 unspecified atom stereocenters. The number of carbonyl (C=O) groups excluding carboxylic acids is 1.